The first kappa shape index (κ1) is 13.0. The van der Waals surface area contributed by atoms with Crippen molar-refractivity contribution in [3.05, 3.63) is 16.7 Å². The molecule has 0 aliphatic rings. The number of aromatic amines is 1. The van der Waals surface area contributed by atoms with E-state index in [0.29, 0.717) is 10.8 Å². The molecule has 90 valence electrons. The zero-order valence-corrected chi connectivity index (χ0v) is 10.0. The molecule has 0 aromatic carbocycles. The van der Waals surface area contributed by atoms with Crippen LogP contribution in [-0.4, -0.2) is 15.9 Å². The van der Waals surface area contributed by atoms with Crippen LogP contribution in [0.1, 0.15) is 43.7 Å². The van der Waals surface area contributed by atoms with E-state index in [0.717, 1.165) is 25.1 Å². The Morgan fingerprint density at radius 2 is 2.31 bits per heavy atom. The van der Waals surface area contributed by atoms with E-state index >= 15 is 0 Å². The summed E-state index contributed by atoms with van der Waals surface area (Å²) in [7, 11) is 0. The number of primary amides is 1. The first-order chi connectivity index (χ1) is 7.54. The standard InChI is InChI=1S/C10H17ClN4O/c1-2-3-4-8-14-9(10(11)15-8)6(12)5-7(13)16/h6H,2-5,12H2,1H3,(H2,13,16)(H,14,15). The van der Waals surface area contributed by atoms with E-state index in [-0.39, 0.29) is 6.42 Å². The monoisotopic (exact) mass is 244 g/mol. The minimum Gasteiger partial charge on any atom is -0.370 e. The van der Waals surface area contributed by atoms with Gasteiger partial charge in [-0.25, -0.2) is 4.98 Å². The zero-order chi connectivity index (χ0) is 12.1. The summed E-state index contributed by atoms with van der Waals surface area (Å²) in [6.45, 7) is 2.10. The quantitative estimate of drug-likeness (QED) is 0.703. The van der Waals surface area contributed by atoms with Gasteiger partial charge in [0.2, 0.25) is 5.91 Å². The molecule has 0 saturated carbocycles. The molecule has 0 aliphatic heterocycles. The average molecular weight is 245 g/mol. The highest BCUT2D eigenvalue weighted by Crippen LogP contribution is 2.21. The SMILES string of the molecule is CCCCc1nc(Cl)c(C(N)CC(N)=O)[nH]1. The highest BCUT2D eigenvalue weighted by Gasteiger charge is 2.16. The van der Waals surface area contributed by atoms with E-state index < -0.39 is 11.9 Å². The predicted octanol–water partition coefficient (Wildman–Crippen LogP) is 1.28. The molecule has 0 aliphatic carbocycles. The second kappa shape index (κ2) is 5.86. The van der Waals surface area contributed by atoms with Gasteiger partial charge in [-0.15, -0.1) is 0 Å². The molecule has 0 spiro atoms. The maximum Gasteiger partial charge on any atom is 0.219 e. The minimum absolute atomic E-state index is 0.0646. The van der Waals surface area contributed by atoms with Crippen LogP contribution in [0.15, 0.2) is 0 Å². The van der Waals surface area contributed by atoms with E-state index in [4.69, 9.17) is 23.1 Å². The summed E-state index contributed by atoms with van der Waals surface area (Å²) in [4.78, 5) is 17.9. The number of halogens is 1. The summed E-state index contributed by atoms with van der Waals surface area (Å²) in [6, 6.07) is -0.507. The smallest absolute Gasteiger partial charge is 0.219 e. The first-order valence-corrected chi connectivity index (χ1v) is 5.70. The van der Waals surface area contributed by atoms with Crippen LogP contribution in [0.25, 0.3) is 0 Å². The molecule has 0 saturated heterocycles. The molecular weight excluding hydrogens is 228 g/mol. The third kappa shape index (κ3) is 3.50. The van der Waals surface area contributed by atoms with Crippen LogP contribution in [0.2, 0.25) is 5.15 Å². The number of unbranched alkanes of at least 4 members (excludes halogenated alkanes) is 1. The van der Waals surface area contributed by atoms with Crippen molar-refractivity contribution in [3.8, 4) is 0 Å². The van der Waals surface area contributed by atoms with Gasteiger partial charge in [0.15, 0.2) is 5.15 Å². The molecule has 1 unspecified atom stereocenters. The summed E-state index contributed by atoms with van der Waals surface area (Å²) >= 11 is 5.93. The first-order valence-electron chi connectivity index (χ1n) is 5.32. The largest absolute Gasteiger partial charge is 0.370 e. The highest BCUT2D eigenvalue weighted by molar-refractivity contribution is 6.30. The maximum atomic E-state index is 10.7. The van der Waals surface area contributed by atoms with Gasteiger partial charge >= 0.3 is 0 Å². The molecule has 1 heterocycles. The Morgan fingerprint density at radius 3 is 2.88 bits per heavy atom. The van der Waals surface area contributed by atoms with Crippen molar-refractivity contribution in [1.82, 2.24) is 9.97 Å². The molecule has 1 aromatic heterocycles. The average Bonchev–Trinajstić information content (AvgIpc) is 2.55. The topological polar surface area (TPSA) is 97.8 Å². The third-order valence-corrected chi connectivity index (χ3v) is 2.58. The number of hydrogen-bond donors (Lipinski definition) is 3. The normalized spacial score (nSPS) is 12.7. The van der Waals surface area contributed by atoms with E-state index in [1.807, 2.05) is 0 Å². The summed E-state index contributed by atoms with van der Waals surface area (Å²) in [5.74, 6) is 0.357. The molecule has 6 heteroatoms. The number of nitrogens with zero attached hydrogens (tertiary/aromatic N) is 1. The molecule has 1 aromatic rings. The Bertz CT molecular complexity index is 364. The summed E-state index contributed by atoms with van der Waals surface area (Å²) in [5, 5.41) is 0.333. The molecular formula is C10H17ClN4O. The van der Waals surface area contributed by atoms with E-state index in [1.165, 1.54) is 0 Å². The lowest BCUT2D eigenvalue weighted by Crippen LogP contribution is -2.21. The molecule has 5 N–H and O–H groups in total. The van der Waals surface area contributed by atoms with Gasteiger partial charge in [-0.3, -0.25) is 4.79 Å². The number of imidazole rings is 1. The zero-order valence-electron chi connectivity index (χ0n) is 9.29. The van der Waals surface area contributed by atoms with Gasteiger partial charge in [-0.1, -0.05) is 24.9 Å². The summed E-state index contributed by atoms with van der Waals surface area (Å²) < 4.78 is 0. The van der Waals surface area contributed by atoms with E-state index in [2.05, 4.69) is 16.9 Å². The Morgan fingerprint density at radius 1 is 1.62 bits per heavy atom. The van der Waals surface area contributed by atoms with Crippen LogP contribution in [0.5, 0.6) is 0 Å². The van der Waals surface area contributed by atoms with Gasteiger partial charge in [0, 0.05) is 12.8 Å². The lowest BCUT2D eigenvalue weighted by molar-refractivity contribution is -0.118. The number of hydrogen-bond acceptors (Lipinski definition) is 3. The lowest BCUT2D eigenvalue weighted by atomic mass is 10.1. The highest BCUT2D eigenvalue weighted by atomic mass is 35.5. The van der Waals surface area contributed by atoms with Crippen LogP contribution in [0, 0.1) is 0 Å². The number of H-pyrrole nitrogens is 1. The number of nitrogens with one attached hydrogen (secondary N) is 1. The third-order valence-electron chi connectivity index (χ3n) is 2.29. The molecule has 16 heavy (non-hydrogen) atoms. The summed E-state index contributed by atoms with van der Waals surface area (Å²) in [6.07, 6.45) is 3.02. The van der Waals surface area contributed by atoms with Crippen molar-refractivity contribution in [1.29, 1.82) is 0 Å². The predicted molar refractivity (Wildman–Crippen MR) is 62.9 cm³/mol. The van der Waals surface area contributed by atoms with Gasteiger partial charge in [-0.2, -0.15) is 0 Å². The van der Waals surface area contributed by atoms with Crippen LogP contribution in [-0.2, 0) is 11.2 Å². The second-order valence-corrected chi connectivity index (χ2v) is 4.13. The number of aromatic nitrogens is 2. The number of nitrogens with two attached hydrogens (primary N) is 2. The number of amides is 1. The summed E-state index contributed by atoms with van der Waals surface area (Å²) in [5.41, 5.74) is 11.4. The maximum absolute atomic E-state index is 10.7. The van der Waals surface area contributed by atoms with Gasteiger partial charge in [-0.05, 0) is 6.42 Å². The van der Waals surface area contributed by atoms with Crippen molar-refractivity contribution in [2.45, 2.75) is 38.6 Å². The van der Waals surface area contributed by atoms with Gasteiger partial charge in [0.25, 0.3) is 0 Å². The van der Waals surface area contributed by atoms with E-state index in [9.17, 15) is 4.79 Å². The van der Waals surface area contributed by atoms with Gasteiger partial charge in [0.05, 0.1) is 11.7 Å². The van der Waals surface area contributed by atoms with Crippen molar-refractivity contribution in [2.75, 3.05) is 0 Å². The molecule has 0 bridgehead atoms. The van der Waals surface area contributed by atoms with Crippen molar-refractivity contribution in [2.24, 2.45) is 11.5 Å². The van der Waals surface area contributed by atoms with Crippen molar-refractivity contribution >= 4 is 17.5 Å². The number of rotatable bonds is 6. The van der Waals surface area contributed by atoms with Crippen molar-refractivity contribution < 1.29 is 4.79 Å². The fraction of sp³-hybridized carbons (Fsp3) is 0.600. The lowest BCUT2D eigenvalue weighted by Gasteiger charge is -2.06. The Labute approximate surface area is 99.6 Å². The number of carbonyl (C=O) groups is 1. The Kier molecular flexibility index (Phi) is 4.76. The molecule has 0 radical (unpaired) electrons. The Hall–Kier alpha value is -1.07. The van der Waals surface area contributed by atoms with Crippen LogP contribution in [0.4, 0.5) is 0 Å². The minimum atomic E-state index is -0.507. The number of carbonyl (C=O) groups excluding carboxylic acids is 1. The Balaban J connectivity index is 2.72. The number of aryl methyl sites for hydroxylation is 1. The molecule has 1 atom stereocenters. The van der Waals surface area contributed by atoms with E-state index in [1.54, 1.807) is 0 Å². The molecule has 5 nitrogen and oxygen atoms in total. The van der Waals surface area contributed by atoms with Crippen LogP contribution >= 0.6 is 11.6 Å². The van der Waals surface area contributed by atoms with Crippen molar-refractivity contribution in [3.63, 3.8) is 0 Å². The van der Waals surface area contributed by atoms with Gasteiger partial charge < -0.3 is 16.5 Å². The van der Waals surface area contributed by atoms with Crippen LogP contribution in [0.3, 0.4) is 0 Å². The van der Waals surface area contributed by atoms with Crippen LogP contribution < -0.4 is 11.5 Å². The second-order valence-electron chi connectivity index (χ2n) is 3.77. The fourth-order valence-electron chi connectivity index (χ4n) is 1.44. The molecule has 1 amide bonds. The van der Waals surface area contributed by atoms with Gasteiger partial charge in [0.1, 0.15) is 5.82 Å². The fourth-order valence-corrected chi connectivity index (χ4v) is 1.73. The molecule has 0 fully saturated rings. The molecule has 1 rings (SSSR count).